The summed E-state index contributed by atoms with van der Waals surface area (Å²) in [6, 6.07) is 0. The Balaban J connectivity index is 3.23. The Morgan fingerprint density at radius 3 is 2.45 bits per heavy atom. The highest BCUT2D eigenvalue weighted by molar-refractivity contribution is 4.65. The van der Waals surface area contributed by atoms with Crippen molar-refractivity contribution in [2.75, 3.05) is 19.7 Å². The molecule has 0 aromatic carbocycles. The van der Waals surface area contributed by atoms with Gasteiger partial charge in [-0.3, -0.25) is 0 Å². The summed E-state index contributed by atoms with van der Waals surface area (Å²) in [5.74, 6) is -2.92. The molecular weight excluding hydrogens is 152 g/mol. The highest BCUT2D eigenvalue weighted by Crippen LogP contribution is 2.15. The van der Waals surface area contributed by atoms with Crippen LogP contribution in [-0.4, -0.2) is 30.7 Å². The van der Waals surface area contributed by atoms with Gasteiger partial charge in [0.15, 0.2) is 0 Å². The van der Waals surface area contributed by atoms with Crippen LogP contribution in [-0.2, 0) is 0 Å². The largest absolute Gasteiger partial charge is 0.390 e. The molecule has 11 heavy (non-hydrogen) atoms. The summed E-state index contributed by atoms with van der Waals surface area (Å²) in [4.78, 5) is 0. The van der Waals surface area contributed by atoms with E-state index >= 15 is 0 Å². The number of aliphatic hydroxyl groups is 1. The Kier molecular flexibility index (Phi) is 5.32. The molecule has 0 radical (unpaired) electrons. The van der Waals surface area contributed by atoms with E-state index in [1.54, 1.807) is 0 Å². The van der Waals surface area contributed by atoms with Crippen LogP contribution < -0.4 is 5.32 Å². The van der Waals surface area contributed by atoms with Crippen LogP contribution in [0.2, 0.25) is 0 Å². The van der Waals surface area contributed by atoms with Crippen molar-refractivity contribution >= 4 is 0 Å². The van der Waals surface area contributed by atoms with Crippen molar-refractivity contribution in [1.82, 2.24) is 5.32 Å². The molecule has 0 aromatic heterocycles. The molecule has 0 fully saturated rings. The number of halogens is 2. The van der Waals surface area contributed by atoms with Crippen LogP contribution in [0, 0.1) is 0 Å². The van der Waals surface area contributed by atoms with Gasteiger partial charge in [0.25, 0.3) is 5.92 Å². The molecule has 68 valence electrons. The van der Waals surface area contributed by atoms with E-state index in [1.807, 2.05) is 6.92 Å². The topological polar surface area (TPSA) is 32.3 Å². The Bertz CT molecular complexity index is 98.4. The molecule has 0 saturated carbocycles. The highest BCUT2D eigenvalue weighted by Gasteiger charge is 2.26. The van der Waals surface area contributed by atoms with E-state index in [0.29, 0.717) is 0 Å². The maximum absolute atomic E-state index is 12.3. The summed E-state index contributed by atoms with van der Waals surface area (Å²) in [7, 11) is 0. The first-order chi connectivity index (χ1) is 5.12. The first-order valence-corrected chi connectivity index (χ1v) is 3.82. The van der Waals surface area contributed by atoms with Crippen molar-refractivity contribution < 1.29 is 13.9 Å². The van der Waals surface area contributed by atoms with Crippen molar-refractivity contribution in [2.45, 2.75) is 25.7 Å². The van der Waals surface area contributed by atoms with Crippen LogP contribution in [0.5, 0.6) is 0 Å². The monoisotopic (exact) mass is 167 g/mol. The Morgan fingerprint density at radius 2 is 2.00 bits per heavy atom. The lowest BCUT2D eigenvalue weighted by molar-refractivity contribution is -0.0554. The predicted octanol–water partition coefficient (Wildman–Crippen LogP) is 1.00. The van der Waals surface area contributed by atoms with Gasteiger partial charge in [-0.1, -0.05) is 6.92 Å². The van der Waals surface area contributed by atoms with Gasteiger partial charge in [0.1, 0.15) is 6.61 Å². The third-order valence-corrected chi connectivity index (χ3v) is 1.33. The maximum atomic E-state index is 12.3. The van der Waals surface area contributed by atoms with Gasteiger partial charge in [-0.15, -0.1) is 0 Å². The Labute approximate surface area is 65.6 Å². The lowest BCUT2D eigenvalue weighted by Gasteiger charge is -2.12. The van der Waals surface area contributed by atoms with E-state index in [-0.39, 0.29) is 13.0 Å². The molecule has 4 heteroatoms. The molecular formula is C7H15F2NO. The van der Waals surface area contributed by atoms with Crippen molar-refractivity contribution in [1.29, 1.82) is 0 Å². The minimum absolute atomic E-state index is 0.265. The summed E-state index contributed by atoms with van der Waals surface area (Å²) in [6.07, 6.45) is 0.647. The molecule has 0 aliphatic rings. The SMILES string of the molecule is CCCNCCC(F)(F)CO. The molecule has 0 aromatic rings. The third-order valence-electron chi connectivity index (χ3n) is 1.33. The zero-order chi connectivity index (χ0) is 8.74. The Hall–Kier alpha value is -0.220. The fourth-order valence-electron chi connectivity index (χ4n) is 0.652. The van der Waals surface area contributed by atoms with Gasteiger partial charge < -0.3 is 10.4 Å². The molecule has 0 unspecified atom stereocenters. The van der Waals surface area contributed by atoms with Gasteiger partial charge in [-0.2, -0.15) is 0 Å². The van der Waals surface area contributed by atoms with Gasteiger partial charge in [-0.25, -0.2) is 8.78 Å². The summed E-state index contributed by atoms with van der Waals surface area (Å²) in [5.41, 5.74) is 0. The zero-order valence-electron chi connectivity index (χ0n) is 6.74. The lowest BCUT2D eigenvalue weighted by Crippen LogP contribution is -2.28. The highest BCUT2D eigenvalue weighted by atomic mass is 19.3. The summed E-state index contributed by atoms with van der Waals surface area (Å²) < 4.78 is 24.6. The molecule has 0 rings (SSSR count). The molecule has 0 atom stereocenters. The van der Waals surface area contributed by atoms with Crippen LogP contribution in [0.4, 0.5) is 8.78 Å². The minimum atomic E-state index is -2.92. The second-order valence-corrected chi connectivity index (χ2v) is 2.51. The van der Waals surface area contributed by atoms with Gasteiger partial charge in [0.05, 0.1) is 0 Å². The van der Waals surface area contributed by atoms with E-state index in [1.165, 1.54) is 0 Å². The van der Waals surface area contributed by atoms with E-state index in [9.17, 15) is 8.78 Å². The normalized spacial score (nSPS) is 12.0. The number of rotatable bonds is 6. The molecule has 0 aliphatic heterocycles. The average molecular weight is 167 g/mol. The second-order valence-electron chi connectivity index (χ2n) is 2.51. The molecule has 0 spiro atoms. The fourth-order valence-corrected chi connectivity index (χ4v) is 0.652. The van der Waals surface area contributed by atoms with Crippen LogP contribution in [0.15, 0.2) is 0 Å². The number of alkyl halides is 2. The quantitative estimate of drug-likeness (QED) is 0.578. The zero-order valence-corrected chi connectivity index (χ0v) is 6.74. The lowest BCUT2D eigenvalue weighted by atomic mass is 10.2. The second kappa shape index (κ2) is 5.43. The molecule has 0 bridgehead atoms. The average Bonchev–Trinajstić information content (AvgIpc) is 1.99. The fraction of sp³-hybridized carbons (Fsp3) is 1.00. The first-order valence-electron chi connectivity index (χ1n) is 3.82. The van der Waals surface area contributed by atoms with Crippen molar-refractivity contribution in [3.63, 3.8) is 0 Å². The third kappa shape index (κ3) is 6.19. The van der Waals surface area contributed by atoms with Crippen LogP contribution >= 0.6 is 0 Å². The van der Waals surface area contributed by atoms with Crippen molar-refractivity contribution in [3.05, 3.63) is 0 Å². The van der Waals surface area contributed by atoms with Crippen molar-refractivity contribution in [2.24, 2.45) is 0 Å². The van der Waals surface area contributed by atoms with E-state index in [4.69, 9.17) is 5.11 Å². The van der Waals surface area contributed by atoms with Gasteiger partial charge >= 0.3 is 0 Å². The molecule has 0 heterocycles. The molecule has 0 saturated heterocycles. The number of aliphatic hydroxyl groups excluding tert-OH is 1. The van der Waals surface area contributed by atoms with Gasteiger partial charge in [-0.05, 0) is 13.0 Å². The maximum Gasteiger partial charge on any atom is 0.271 e. The molecule has 2 nitrogen and oxygen atoms in total. The molecule has 0 aliphatic carbocycles. The van der Waals surface area contributed by atoms with Gasteiger partial charge in [0.2, 0.25) is 0 Å². The van der Waals surface area contributed by atoms with E-state index < -0.39 is 12.5 Å². The van der Waals surface area contributed by atoms with Crippen LogP contribution in [0.3, 0.4) is 0 Å². The smallest absolute Gasteiger partial charge is 0.271 e. The number of hydrogen-bond acceptors (Lipinski definition) is 2. The van der Waals surface area contributed by atoms with E-state index in [2.05, 4.69) is 5.32 Å². The summed E-state index contributed by atoms with van der Waals surface area (Å²) >= 11 is 0. The van der Waals surface area contributed by atoms with Crippen LogP contribution in [0.1, 0.15) is 19.8 Å². The summed E-state index contributed by atoms with van der Waals surface area (Å²) in [5, 5.41) is 11.0. The Morgan fingerprint density at radius 1 is 1.36 bits per heavy atom. The minimum Gasteiger partial charge on any atom is -0.390 e. The number of nitrogens with one attached hydrogen (secondary N) is 1. The standard InChI is InChI=1S/C7H15F2NO/c1-2-4-10-5-3-7(8,9)6-11/h10-11H,2-6H2,1H3. The van der Waals surface area contributed by atoms with E-state index in [0.717, 1.165) is 13.0 Å². The first kappa shape index (κ1) is 10.8. The van der Waals surface area contributed by atoms with Crippen molar-refractivity contribution in [3.8, 4) is 0 Å². The van der Waals surface area contributed by atoms with Crippen LogP contribution in [0.25, 0.3) is 0 Å². The number of hydrogen-bond donors (Lipinski definition) is 2. The predicted molar refractivity (Wildman–Crippen MR) is 39.8 cm³/mol. The van der Waals surface area contributed by atoms with Gasteiger partial charge in [0, 0.05) is 13.0 Å². The molecule has 0 amide bonds. The molecule has 2 N–H and O–H groups in total. The summed E-state index contributed by atoms with van der Waals surface area (Å²) in [6.45, 7) is 1.93.